The van der Waals surface area contributed by atoms with Crippen LogP contribution in [0, 0.1) is 0 Å². The molecule has 0 radical (unpaired) electrons. The van der Waals surface area contributed by atoms with Crippen molar-refractivity contribution in [2.24, 2.45) is 5.73 Å². The molecule has 0 saturated carbocycles. The summed E-state index contributed by atoms with van der Waals surface area (Å²) in [7, 11) is 0. The van der Waals surface area contributed by atoms with Crippen molar-refractivity contribution in [1.29, 1.82) is 0 Å². The van der Waals surface area contributed by atoms with E-state index in [4.69, 9.17) is 10.3 Å². The van der Waals surface area contributed by atoms with Crippen molar-refractivity contribution in [3.63, 3.8) is 0 Å². The van der Waals surface area contributed by atoms with Crippen LogP contribution in [0.5, 0.6) is 0 Å². The van der Waals surface area contributed by atoms with Gasteiger partial charge in [-0.2, -0.15) is 4.98 Å². The molecule has 0 aliphatic heterocycles. The van der Waals surface area contributed by atoms with Crippen molar-refractivity contribution >= 4 is 0 Å². The van der Waals surface area contributed by atoms with Gasteiger partial charge in [-0.05, 0) is 18.9 Å². The molecule has 2 atom stereocenters. The Hall–Kier alpha value is -1.68. The Morgan fingerprint density at radius 3 is 2.61 bits per heavy atom. The molecule has 4 heteroatoms. The molecule has 1 aromatic heterocycles. The first-order valence-electron chi connectivity index (χ1n) is 6.24. The first-order valence-corrected chi connectivity index (χ1v) is 6.24. The minimum absolute atomic E-state index is 0.286. The fourth-order valence-electron chi connectivity index (χ4n) is 1.74. The van der Waals surface area contributed by atoms with Gasteiger partial charge in [-0.3, -0.25) is 0 Å². The van der Waals surface area contributed by atoms with Gasteiger partial charge in [0.25, 0.3) is 5.89 Å². The second-order valence-electron chi connectivity index (χ2n) is 4.84. The second-order valence-corrected chi connectivity index (χ2v) is 4.84. The molecule has 96 valence electrons. The van der Waals surface area contributed by atoms with Gasteiger partial charge in [0.15, 0.2) is 5.82 Å². The normalized spacial score (nSPS) is 16.2. The van der Waals surface area contributed by atoms with Gasteiger partial charge in [0.1, 0.15) is 5.54 Å². The lowest BCUT2D eigenvalue weighted by Gasteiger charge is -2.20. The van der Waals surface area contributed by atoms with Crippen LogP contribution in [-0.2, 0) is 5.54 Å². The summed E-state index contributed by atoms with van der Waals surface area (Å²) >= 11 is 0. The lowest BCUT2D eigenvalue weighted by Crippen LogP contribution is -2.34. The molecule has 0 fully saturated rings. The number of hydrogen-bond donors (Lipinski definition) is 1. The minimum atomic E-state index is -0.750. The molecule has 0 aliphatic rings. The Morgan fingerprint density at radius 1 is 1.33 bits per heavy atom. The van der Waals surface area contributed by atoms with Crippen molar-refractivity contribution in [2.75, 3.05) is 0 Å². The van der Waals surface area contributed by atoms with Crippen molar-refractivity contribution in [1.82, 2.24) is 10.1 Å². The average molecular weight is 245 g/mol. The molecule has 2 N–H and O–H groups in total. The first-order chi connectivity index (χ1) is 8.55. The predicted octanol–water partition coefficient (Wildman–Crippen LogP) is 2.81. The zero-order chi connectivity index (χ0) is 13.2. The third-order valence-electron chi connectivity index (χ3n) is 3.31. The quantitative estimate of drug-likeness (QED) is 0.899. The number of rotatable bonds is 4. The first kappa shape index (κ1) is 12.8. The molecule has 0 saturated heterocycles. The third-order valence-corrected chi connectivity index (χ3v) is 3.31. The molecule has 0 aliphatic carbocycles. The van der Waals surface area contributed by atoms with Gasteiger partial charge in [0, 0.05) is 5.92 Å². The molecule has 0 spiro atoms. The summed E-state index contributed by atoms with van der Waals surface area (Å²) in [4.78, 5) is 4.43. The monoisotopic (exact) mass is 245 g/mol. The van der Waals surface area contributed by atoms with Crippen molar-refractivity contribution < 1.29 is 4.52 Å². The van der Waals surface area contributed by atoms with E-state index in [0.29, 0.717) is 5.89 Å². The van der Waals surface area contributed by atoms with Crippen LogP contribution in [-0.4, -0.2) is 10.1 Å². The molecule has 2 unspecified atom stereocenters. The Kier molecular flexibility index (Phi) is 3.48. The van der Waals surface area contributed by atoms with Crippen LogP contribution >= 0.6 is 0 Å². The zero-order valence-electron chi connectivity index (χ0n) is 11.1. The molecule has 0 amide bonds. The van der Waals surface area contributed by atoms with Crippen molar-refractivity contribution in [3.8, 4) is 0 Å². The SMILES string of the molecule is CCC(C)c1noc(C(C)(N)c2ccccc2)n1. The summed E-state index contributed by atoms with van der Waals surface area (Å²) in [5.41, 5.74) is 6.53. The maximum absolute atomic E-state index is 6.32. The maximum atomic E-state index is 6.32. The lowest BCUT2D eigenvalue weighted by molar-refractivity contribution is 0.321. The number of nitrogens with two attached hydrogens (primary N) is 1. The van der Waals surface area contributed by atoms with E-state index in [2.05, 4.69) is 24.0 Å². The van der Waals surface area contributed by atoms with Crippen LogP contribution in [0.25, 0.3) is 0 Å². The van der Waals surface area contributed by atoms with Gasteiger partial charge in [0.2, 0.25) is 0 Å². The summed E-state index contributed by atoms with van der Waals surface area (Å²) < 4.78 is 5.32. The highest BCUT2D eigenvalue weighted by Crippen LogP contribution is 2.26. The van der Waals surface area contributed by atoms with E-state index in [1.165, 1.54) is 0 Å². The zero-order valence-corrected chi connectivity index (χ0v) is 11.1. The van der Waals surface area contributed by atoms with Crippen LogP contribution in [0.3, 0.4) is 0 Å². The second kappa shape index (κ2) is 4.90. The topological polar surface area (TPSA) is 64.9 Å². The van der Waals surface area contributed by atoms with Gasteiger partial charge in [-0.25, -0.2) is 0 Å². The highest BCUT2D eigenvalue weighted by atomic mass is 16.5. The van der Waals surface area contributed by atoms with E-state index < -0.39 is 5.54 Å². The van der Waals surface area contributed by atoms with Crippen LogP contribution in [0.15, 0.2) is 34.9 Å². The number of nitrogens with zero attached hydrogens (tertiary/aromatic N) is 2. The van der Waals surface area contributed by atoms with Crippen molar-refractivity contribution in [3.05, 3.63) is 47.6 Å². The molecular formula is C14H19N3O. The van der Waals surface area contributed by atoms with E-state index in [1.54, 1.807) is 0 Å². The largest absolute Gasteiger partial charge is 0.337 e. The van der Waals surface area contributed by atoms with Gasteiger partial charge in [-0.1, -0.05) is 49.3 Å². The third kappa shape index (κ3) is 2.29. The standard InChI is InChI=1S/C14H19N3O/c1-4-10(2)12-16-13(18-17-12)14(3,15)11-8-6-5-7-9-11/h5-10H,4,15H2,1-3H3. The average Bonchev–Trinajstić information content (AvgIpc) is 2.89. The Morgan fingerprint density at radius 2 is 2.00 bits per heavy atom. The number of aromatic nitrogens is 2. The summed E-state index contributed by atoms with van der Waals surface area (Å²) in [5, 5.41) is 4.01. The smallest absolute Gasteiger partial charge is 0.251 e. The van der Waals surface area contributed by atoms with Gasteiger partial charge >= 0.3 is 0 Å². The molecule has 2 aromatic rings. The van der Waals surface area contributed by atoms with Crippen LogP contribution in [0.1, 0.15) is 50.4 Å². The fourth-order valence-corrected chi connectivity index (χ4v) is 1.74. The molecular weight excluding hydrogens is 226 g/mol. The van der Waals surface area contributed by atoms with Crippen LogP contribution in [0.2, 0.25) is 0 Å². The Labute approximate surface area is 107 Å². The molecule has 18 heavy (non-hydrogen) atoms. The number of benzene rings is 1. The highest BCUT2D eigenvalue weighted by molar-refractivity contribution is 5.28. The minimum Gasteiger partial charge on any atom is -0.337 e. The molecule has 4 nitrogen and oxygen atoms in total. The molecule has 1 aromatic carbocycles. The van der Waals surface area contributed by atoms with E-state index in [9.17, 15) is 0 Å². The molecule has 2 rings (SSSR count). The van der Waals surface area contributed by atoms with E-state index in [0.717, 1.165) is 17.8 Å². The van der Waals surface area contributed by atoms with Gasteiger partial charge in [-0.15, -0.1) is 0 Å². The summed E-state index contributed by atoms with van der Waals surface area (Å²) in [6.07, 6.45) is 0.978. The van der Waals surface area contributed by atoms with E-state index in [-0.39, 0.29) is 5.92 Å². The van der Waals surface area contributed by atoms with E-state index in [1.807, 2.05) is 37.3 Å². The number of hydrogen-bond acceptors (Lipinski definition) is 4. The van der Waals surface area contributed by atoms with Gasteiger partial charge < -0.3 is 10.3 Å². The Balaban J connectivity index is 2.33. The van der Waals surface area contributed by atoms with Crippen LogP contribution in [0.4, 0.5) is 0 Å². The van der Waals surface area contributed by atoms with Gasteiger partial charge in [0.05, 0.1) is 0 Å². The predicted molar refractivity (Wildman–Crippen MR) is 70.1 cm³/mol. The molecule has 1 heterocycles. The van der Waals surface area contributed by atoms with E-state index >= 15 is 0 Å². The Bertz CT molecular complexity index is 505. The maximum Gasteiger partial charge on any atom is 0.251 e. The molecule has 0 bridgehead atoms. The van der Waals surface area contributed by atoms with Crippen molar-refractivity contribution in [2.45, 2.75) is 38.6 Å². The highest BCUT2D eigenvalue weighted by Gasteiger charge is 2.30. The summed E-state index contributed by atoms with van der Waals surface area (Å²) in [6, 6.07) is 9.79. The fraction of sp³-hybridized carbons (Fsp3) is 0.429. The summed E-state index contributed by atoms with van der Waals surface area (Å²) in [5.74, 6) is 1.47. The summed E-state index contributed by atoms with van der Waals surface area (Å²) in [6.45, 7) is 6.06. The van der Waals surface area contributed by atoms with Crippen LogP contribution < -0.4 is 5.73 Å². The lowest BCUT2D eigenvalue weighted by atomic mass is 9.93.